The normalized spacial score (nSPS) is 13.6. The van der Waals surface area contributed by atoms with E-state index in [1.807, 2.05) is 0 Å². The molecule has 17 heavy (non-hydrogen) atoms. The summed E-state index contributed by atoms with van der Waals surface area (Å²) in [5.41, 5.74) is 4.90. The molecule has 0 aliphatic carbocycles. The van der Waals surface area contributed by atoms with Crippen LogP contribution in [0.4, 0.5) is 0 Å². The zero-order valence-corrected chi connectivity index (χ0v) is 9.38. The van der Waals surface area contributed by atoms with E-state index in [0.29, 0.717) is 0 Å². The highest BCUT2D eigenvalue weighted by atomic mass is 16.5. The van der Waals surface area contributed by atoms with Crippen LogP contribution >= 0.6 is 0 Å². The summed E-state index contributed by atoms with van der Waals surface area (Å²) in [5.74, 6) is -2.19. The van der Waals surface area contributed by atoms with Crippen LogP contribution in [0.1, 0.15) is 13.3 Å². The minimum absolute atomic E-state index is 0.395. The highest BCUT2D eigenvalue weighted by molar-refractivity contribution is 5.88. The van der Waals surface area contributed by atoms with Gasteiger partial charge in [0.25, 0.3) is 0 Å². The smallest absolute Gasteiger partial charge is 0.329 e. The zero-order chi connectivity index (χ0) is 13.4. The summed E-state index contributed by atoms with van der Waals surface area (Å²) in [4.78, 5) is 32.8. The summed E-state index contributed by atoms with van der Waals surface area (Å²) in [6.45, 7) is 0.182. The molecule has 2 amide bonds. The van der Waals surface area contributed by atoms with Crippen molar-refractivity contribution in [1.29, 1.82) is 0 Å². The molecule has 8 nitrogen and oxygen atoms in total. The number of esters is 1. The largest absolute Gasteiger partial charge is 0.461 e. The summed E-state index contributed by atoms with van der Waals surface area (Å²) in [6, 6.07) is -1.18. The number of aliphatic hydroxyl groups is 2. The maximum absolute atomic E-state index is 11.4. The maximum atomic E-state index is 11.4. The van der Waals surface area contributed by atoms with E-state index in [1.165, 1.54) is 6.92 Å². The van der Waals surface area contributed by atoms with Crippen LogP contribution in [-0.4, -0.2) is 53.4 Å². The van der Waals surface area contributed by atoms with E-state index in [9.17, 15) is 14.4 Å². The molecular formula is C9H16N2O6. The van der Waals surface area contributed by atoms with Gasteiger partial charge in [0.15, 0.2) is 0 Å². The molecule has 0 aromatic heterocycles. The molecule has 0 aliphatic heterocycles. The van der Waals surface area contributed by atoms with E-state index in [4.69, 9.17) is 15.9 Å². The fraction of sp³-hybridized carbons (Fsp3) is 0.667. The number of hydrogen-bond acceptors (Lipinski definition) is 6. The molecule has 8 heteroatoms. The molecular weight excluding hydrogens is 232 g/mol. The molecule has 0 heterocycles. The summed E-state index contributed by atoms with van der Waals surface area (Å²) in [7, 11) is 0. The van der Waals surface area contributed by atoms with Crippen molar-refractivity contribution in [2.24, 2.45) is 5.73 Å². The van der Waals surface area contributed by atoms with Crippen molar-refractivity contribution >= 4 is 17.8 Å². The van der Waals surface area contributed by atoms with E-state index in [-0.39, 0.29) is 0 Å². The lowest BCUT2D eigenvalue weighted by atomic mass is 10.2. The Kier molecular flexibility index (Phi) is 6.83. The SMILES string of the molecule is CC(=O)N[C@@H](CC(N)=O)C(=O)OCC(O)CO. The number of amides is 2. The first-order valence-corrected chi connectivity index (χ1v) is 4.87. The zero-order valence-electron chi connectivity index (χ0n) is 9.38. The lowest BCUT2D eigenvalue weighted by molar-refractivity contribution is -0.152. The van der Waals surface area contributed by atoms with Crippen LogP contribution < -0.4 is 11.1 Å². The quantitative estimate of drug-likeness (QED) is 0.360. The Balaban J connectivity index is 4.31. The summed E-state index contributed by atoms with van der Waals surface area (Å²) in [6.07, 6.45) is -1.60. The Morgan fingerprint density at radius 2 is 2.00 bits per heavy atom. The molecule has 0 aliphatic rings. The third-order valence-electron chi connectivity index (χ3n) is 1.70. The Morgan fingerprint density at radius 1 is 1.41 bits per heavy atom. The van der Waals surface area contributed by atoms with Crippen LogP contribution in [-0.2, 0) is 19.1 Å². The van der Waals surface area contributed by atoms with Crippen molar-refractivity contribution < 1.29 is 29.3 Å². The number of ether oxygens (including phenoxy) is 1. The third-order valence-corrected chi connectivity index (χ3v) is 1.70. The van der Waals surface area contributed by atoms with Crippen LogP contribution in [0.3, 0.4) is 0 Å². The van der Waals surface area contributed by atoms with Gasteiger partial charge in [-0.1, -0.05) is 0 Å². The van der Waals surface area contributed by atoms with Crippen molar-refractivity contribution in [2.45, 2.75) is 25.5 Å². The predicted octanol–water partition coefficient (Wildman–Crippen LogP) is -2.74. The molecule has 0 saturated heterocycles. The first-order chi connectivity index (χ1) is 7.86. The number of nitrogens with one attached hydrogen (secondary N) is 1. The molecule has 2 atom stereocenters. The number of carbonyl (C=O) groups excluding carboxylic acids is 3. The second kappa shape index (κ2) is 7.58. The van der Waals surface area contributed by atoms with Crippen molar-refractivity contribution in [2.75, 3.05) is 13.2 Å². The number of aliphatic hydroxyl groups excluding tert-OH is 2. The number of hydrogen-bond donors (Lipinski definition) is 4. The van der Waals surface area contributed by atoms with Gasteiger partial charge in [-0.2, -0.15) is 0 Å². The van der Waals surface area contributed by atoms with Crippen LogP contribution in [0.25, 0.3) is 0 Å². The lowest BCUT2D eigenvalue weighted by Gasteiger charge is -2.16. The molecule has 0 spiro atoms. The molecule has 0 aromatic carbocycles. The van der Waals surface area contributed by atoms with Gasteiger partial charge in [0.1, 0.15) is 18.8 Å². The van der Waals surface area contributed by atoms with Gasteiger partial charge in [0.2, 0.25) is 11.8 Å². The van der Waals surface area contributed by atoms with Crippen molar-refractivity contribution in [3.8, 4) is 0 Å². The molecule has 98 valence electrons. The van der Waals surface area contributed by atoms with Crippen LogP contribution in [0.5, 0.6) is 0 Å². The fourth-order valence-electron chi connectivity index (χ4n) is 0.971. The Morgan fingerprint density at radius 3 is 2.41 bits per heavy atom. The van der Waals surface area contributed by atoms with Crippen molar-refractivity contribution in [1.82, 2.24) is 5.32 Å². The first kappa shape index (κ1) is 15.3. The van der Waals surface area contributed by atoms with Gasteiger partial charge in [0, 0.05) is 6.92 Å². The molecule has 0 aromatic rings. The van der Waals surface area contributed by atoms with Gasteiger partial charge in [-0.15, -0.1) is 0 Å². The first-order valence-electron chi connectivity index (χ1n) is 4.87. The van der Waals surface area contributed by atoms with E-state index < -0.39 is 49.6 Å². The maximum Gasteiger partial charge on any atom is 0.329 e. The second-order valence-corrected chi connectivity index (χ2v) is 3.39. The average Bonchev–Trinajstić information content (AvgIpc) is 2.23. The van der Waals surface area contributed by atoms with Crippen molar-refractivity contribution in [3.63, 3.8) is 0 Å². The van der Waals surface area contributed by atoms with Crippen molar-refractivity contribution in [3.05, 3.63) is 0 Å². The lowest BCUT2D eigenvalue weighted by Crippen LogP contribution is -2.44. The summed E-state index contributed by atoms with van der Waals surface area (Å²) >= 11 is 0. The van der Waals surface area contributed by atoms with Gasteiger partial charge in [-0.05, 0) is 0 Å². The van der Waals surface area contributed by atoms with E-state index in [2.05, 4.69) is 10.1 Å². The van der Waals surface area contributed by atoms with Gasteiger partial charge in [0.05, 0.1) is 13.0 Å². The highest BCUT2D eigenvalue weighted by Crippen LogP contribution is 1.97. The Hall–Kier alpha value is -1.67. The third kappa shape index (κ3) is 7.25. The van der Waals surface area contributed by atoms with Gasteiger partial charge >= 0.3 is 5.97 Å². The summed E-state index contributed by atoms with van der Waals surface area (Å²) < 4.78 is 4.59. The molecule has 1 unspecified atom stereocenters. The molecule has 0 rings (SSSR count). The Labute approximate surface area is 97.7 Å². The second-order valence-electron chi connectivity index (χ2n) is 3.39. The number of carbonyl (C=O) groups is 3. The highest BCUT2D eigenvalue weighted by Gasteiger charge is 2.23. The molecule has 0 bridgehead atoms. The monoisotopic (exact) mass is 248 g/mol. The molecule has 0 radical (unpaired) electrons. The number of nitrogens with two attached hydrogens (primary N) is 1. The summed E-state index contributed by atoms with van der Waals surface area (Å²) in [5, 5.41) is 19.6. The standard InChI is InChI=1S/C9H16N2O6/c1-5(13)11-7(2-8(10)15)9(16)17-4-6(14)3-12/h6-7,12,14H,2-4H2,1H3,(H2,10,15)(H,11,13)/t6?,7-/m0/s1. The number of rotatable bonds is 7. The van der Waals surface area contributed by atoms with E-state index in [0.717, 1.165) is 0 Å². The average molecular weight is 248 g/mol. The van der Waals surface area contributed by atoms with Crippen LogP contribution in [0.2, 0.25) is 0 Å². The Bertz CT molecular complexity index is 277. The number of primary amides is 1. The van der Waals surface area contributed by atoms with Gasteiger partial charge in [-0.3, -0.25) is 9.59 Å². The van der Waals surface area contributed by atoms with Gasteiger partial charge in [-0.25, -0.2) is 4.79 Å². The minimum atomic E-state index is -1.20. The topological polar surface area (TPSA) is 139 Å². The van der Waals surface area contributed by atoms with Crippen LogP contribution in [0.15, 0.2) is 0 Å². The predicted molar refractivity (Wildman–Crippen MR) is 55.5 cm³/mol. The minimum Gasteiger partial charge on any atom is -0.461 e. The molecule has 0 fully saturated rings. The van der Waals surface area contributed by atoms with Gasteiger partial charge < -0.3 is 26.0 Å². The van der Waals surface area contributed by atoms with E-state index >= 15 is 0 Å². The van der Waals surface area contributed by atoms with E-state index in [1.54, 1.807) is 0 Å². The molecule has 5 N–H and O–H groups in total. The molecule has 0 saturated carbocycles. The van der Waals surface area contributed by atoms with Crippen LogP contribution in [0, 0.1) is 0 Å². The fourth-order valence-corrected chi connectivity index (χ4v) is 0.971.